The molecular weight excluding hydrogens is 237 g/mol. The number of nitrogens with one attached hydrogen (secondary N) is 1. The average Bonchev–Trinajstić information content (AvgIpc) is 2.89. The summed E-state index contributed by atoms with van der Waals surface area (Å²) in [7, 11) is 0. The molecule has 18 heavy (non-hydrogen) atoms. The van der Waals surface area contributed by atoms with Gasteiger partial charge in [-0.25, -0.2) is 9.87 Å². The van der Waals surface area contributed by atoms with Crippen LogP contribution >= 0.6 is 0 Å². The number of rotatable bonds is 5. The van der Waals surface area contributed by atoms with Crippen LogP contribution in [0.1, 0.15) is 25.7 Å². The van der Waals surface area contributed by atoms with Crippen LogP contribution in [-0.4, -0.2) is 18.6 Å². The normalized spacial score (nSPS) is 15.6. The summed E-state index contributed by atoms with van der Waals surface area (Å²) in [5.74, 6) is -0.227. The standard InChI is InChI=1S/C13H16FNO3/c14-10-5-7-11(8-6-10)17-9-13(16)15-18-12-3-1-2-4-12/h5-8,12H,1-4,9H2,(H,15,16). The Morgan fingerprint density at radius 3 is 2.61 bits per heavy atom. The molecule has 1 N–H and O–H groups in total. The lowest BCUT2D eigenvalue weighted by atomic mass is 10.3. The van der Waals surface area contributed by atoms with E-state index in [0.717, 1.165) is 25.7 Å². The molecule has 1 aliphatic carbocycles. The van der Waals surface area contributed by atoms with Crippen LogP contribution in [-0.2, 0) is 9.63 Å². The largest absolute Gasteiger partial charge is 0.484 e. The number of benzene rings is 1. The molecule has 0 aromatic heterocycles. The van der Waals surface area contributed by atoms with Crippen molar-refractivity contribution in [2.75, 3.05) is 6.61 Å². The van der Waals surface area contributed by atoms with E-state index in [4.69, 9.17) is 9.57 Å². The third-order valence-electron chi connectivity index (χ3n) is 2.83. The molecule has 0 spiro atoms. The summed E-state index contributed by atoms with van der Waals surface area (Å²) in [6.45, 7) is -0.141. The molecule has 0 radical (unpaired) electrons. The van der Waals surface area contributed by atoms with Crippen LogP contribution in [0.3, 0.4) is 0 Å². The van der Waals surface area contributed by atoms with E-state index in [0.29, 0.717) is 5.75 Å². The number of hydrogen-bond acceptors (Lipinski definition) is 3. The number of ether oxygens (including phenoxy) is 1. The molecule has 0 unspecified atom stereocenters. The smallest absolute Gasteiger partial charge is 0.281 e. The predicted molar refractivity (Wildman–Crippen MR) is 63.4 cm³/mol. The topological polar surface area (TPSA) is 47.6 Å². The number of halogens is 1. The third-order valence-corrected chi connectivity index (χ3v) is 2.83. The fraction of sp³-hybridized carbons (Fsp3) is 0.462. The molecule has 1 amide bonds. The molecule has 2 rings (SSSR count). The van der Waals surface area contributed by atoms with Crippen molar-refractivity contribution in [1.29, 1.82) is 0 Å². The van der Waals surface area contributed by atoms with E-state index in [9.17, 15) is 9.18 Å². The van der Waals surface area contributed by atoms with Gasteiger partial charge in [0.1, 0.15) is 11.6 Å². The summed E-state index contributed by atoms with van der Waals surface area (Å²) in [5.41, 5.74) is 2.37. The van der Waals surface area contributed by atoms with Crippen molar-refractivity contribution in [3.63, 3.8) is 0 Å². The van der Waals surface area contributed by atoms with Crippen LogP contribution in [0.15, 0.2) is 24.3 Å². The van der Waals surface area contributed by atoms with Gasteiger partial charge in [-0.2, -0.15) is 0 Å². The molecule has 0 aliphatic heterocycles. The molecule has 1 saturated carbocycles. The number of hydroxylamine groups is 1. The first-order chi connectivity index (χ1) is 8.74. The molecule has 0 bridgehead atoms. The second-order valence-corrected chi connectivity index (χ2v) is 4.29. The van der Waals surface area contributed by atoms with Crippen LogP contribution in [0.5, 0.6) is 5.75 Å². The van der Waals surface area contributed by atoms with Crippen LogP contribution in [0.2, 0.25) is 0 Å². The Balaban J connectivity index is 1.66. The first-order valence-corrected chi connectivity index (χ1v) is 6.07. The minimum absolute atomic E-state index is 0.125. The lowest BCUT2D eigenvalue weighted by Crippen LogP contribution is -2.32. The summed E-state index contributed by atoms with van der Waals surface area (Å²) in [4.78, 5) is 16.6. The zero-order valence-electron chi connectivity index (χ0n) is 10.0. The minimum Gasteiger partial charge on any atom is -0.484 e. The Hall–Kier alpha value is -1.62. The molecule has 1 aromatic rings. The zero-order chi connectivity index (χ0) is 12.8. The minimum atomic E-state index is -0.341. The highest BCUT2D eigenvalue weighted by Gasteiger charge is 2.16. The summed E-state index contributed by atoms with van der Waals surface area (Å²) >= 11 is 0. The van der Waals surface area contributed by atoms with Crippen molar-refractivity contribution in [2.45, 2.75) is 31.8 Å². The van der Waals surface area contributed by atoms with E-state index >= 15 is 0 Å². The summed E-state index contributed by atoms with van der Waals surface area (Å²) in [6.07, 6.45) is 4.39. The number of carbonyl (C=O) groups is 1. The Kier molecular flexibility index (Phi) is 4.52. The van der Waals surface area contributed by atoms with Crippen molar-refractivity contribution >= 4 is 5.91 Å². The molecule has 4 nitrogen and oxygen atoms in total. The summed E-state index contributed by atoms with van der Waals surface area (Å²) in [5, 5.41) is 0. The van der Waals surface area contributed by atoms with Crippen LogP contribution in [0, 0.1) is 5.82 Å². The van der Waals surface area contributed by atoms with E-state index in [1.54, 1.807) is 0 Å². The highest BCUT2D eigenvalue weighted by molar-refractivity contribution is 5.76. The van der Waals surface area contributed by atoms with Crippen LogP contribution in [0.25, 0.3) is 0 Å². The van der Waals surface area contributed by atoms with Gasteiger partial charge in [-0.15, -0.1) is 0 Å². The van der Waals surface area contributed by atoms with Crippen molar-refractivity contribution in [3.05, 3.63) is 30.1 Å². The molecular formula is C13H16FNO3. The van der Waals surface area contributed by atoms with Crippen molar-refractivity contribution < 1.29 is 18.8 Å². The van der Waals surface area contributed by atoms with Gasteiger partial charge in [0, 0.05) is 0 Å². The monoisotopic (exact) mass is 253 g/mol. The molecule has 1 aromatic carbocycles. The Bertz CT molecular complexity index is 388. The Morgan fingerprint density at radius 1 is 1.28 bits per heavy atom. The van der Waals surface area contributed by atoms with Gasteiger partial charge in [0.2, 0.25) is 0 Å². The summed E-state index contributed by atoms with van der Waals surface area (Å²) in [6, 6.07) is 5.51. The molecule has 0 saturated heterocycles. The number of carbonyl (C=O) groups excluding carboxylic acids is 1. The molecule has 98 valence electrons. The fourth-order valence-corrected chi connectivity index (χ4v) is 1.86. The van der Waals surface area contributed by atoms with E-state index in [-0.39, 0.29) is 24.4 Å². The maximum absolute atomic E-state index is 12.6. The molecule has 1 fully saturated rings. The SMILES string of the molecule is O=C(COc1ccc(F)cc1)NOC1CCCC1. The van der Waals surface area contributed by atoms with E-state index < -0.39 is 0 Å². The molecule has 0 atom stereocenters. The Labute approximate surface area is 105 Å². The fourth-order valence-electron chi connectivity index (χ4n) is 1.86. The molecule has 5 heteroatoms. The lowest BCUT2D eigenvalue weighted by Gasteiger charge is -2.11. The lowest BCUT2D eigenvalue weighted by molar-refractivity contribution is -0.140. The molecule has 1 aliphatic rings. The second-order valence-electron chi connectivity index (χ2n) is 4.29. The zero-order valence-corrected chi connectivity index (χ0v) is 10.0. The van der Waals surface area contributed by atoms with Gasteiger partial charge in [0.05, 0.1) is 6.10 Å². The van der Waals surface area contributed by atoms with Gasteiger partial charge in [-0.1, -0.05) is 12.8 Å². The first-order valence-electron chi connectivity index (χ1n) is 6.07. The average molecular weight is 253 g/mol. The van der Waals surface area contributed by atoms with Gasteiger partial charge < -0.3 is 4.74 Å². The van der Waals surface area contributed by atoms with E-state index in [2.05, 4.69) is 5.48 Å². The van der Waals surface area contributed by atoms with Gasteiger partial charge >= 0.3 is 0 Å². The highest BCUT2D eigenvalue weighted by Crippen LogP contribution is 2.19. The third kappa shape index (κ3) is 4.00. The maximum Gasteiger partial charge on any atom is 0.281 e. The van der Waals surface area contributed by atoms with Crippen molar-refractivity contribution in [1.82, 2.24) is 5.48 Å². The van der Waals surface area contributed by atoms with Gasteiger partial charge in [0.25, 0.3) is 5.91 Å². The summed E-state index contributed by atoms with van der Waals surface area (Å²) < 4.78 is 17.8. The second kappa shape index (κ2) is 6.35. The first kappa shape index (κ1) is 12.8. The van der Waals surface area contributed by atoms with E-state index in [1.807, 2.05) is 0 Å². The molecule has 0 heterocycles. The van der Waals surface area contributed by atoms with Gasteiger partial charge in [0.15, 0.2) is 6.61 Å². The van der Waals surface area contributed by atoms with Crippen molar-refractivity contribution in [2.24, 2.45) is 0 Å². The quantitative estimate of drug-likeness (QED) is 0.818. The Morgan fingerprint density at radius 2 is 1.94 bits per heavy atom. The van der Waals surface area contributed by atoms with E-state index in [1.165, 1.54) is 24.3 Å². The van der Waals surface area contributed by atoms with Gasteiger partial charge in [-0.3, -0.25) is 9.63 Å². The van der Waals surface area contributed by atoms with Gasteiger partial charge in [-0.05, 0) is 37.1 Å². The number of amides is 1. The highest BCUT2D eigenvalue weighted by atomic mass is 19.1. The van der Waals surface area contributed by atoms with Crippen LogP contribution < -0.4 is 10.2 Å². The predicted octanol–water partition coefficient (Wildman–Crippen LogP) is 2.19. The van der Waals surface area contributed by atoms with Crippen molar-refractivity contribution in [3.8, 4) is 5.75 Å². The maximum atomic E-state index is 12.6. The number of hydrogen-bond donors (Lipinski definition) is 1. The van der Waals surface area contributed by atoms with Crippen LogP contribution in [0.4, 0.5) is 4.39 Å².